The van der Waals surface area contributed by atoms with E-state index in [9.17, 15) is 4.79 Å². The third-order valence-corrected chi connectivity index (χ3v) is 2.88. The van der Waals surface area contributed by atoms with Crippen molar-refractivity contribution in [3.63, 3.8) is 0 Å². The van der Waals surface area contributed by atoms with Gasteiger partial charge in [0.15, 0.2) is 5.65 Å². The summed E-state index contributed by atoms with van der Waals surface area (Å²) in [5, 5.41) is 16.2. The summed E-state index contributed by atoms with van der Waals surface area (Å²) in [6.07, 6.45) is 3.45. The number of aromatic nitrogens is 3. The van der Waals surface area contributed by atoms with E-state index in [1.807, 2.05) is 13.8 Å². The van der Waals surface area contributed by atoms with Gasteiger partial charge in [0, 0.05) is 18.8 Å². The van der Waals surface area contributed by atoms with Crippen LogP contribution in [0.25, 0.3) is 5.65 Å². The molecule has 0 aliphatic heterocycles. The topological polar surface area (TPSA) is 79.5 Å². The molecule has 0 aliphatic carbocycles. The van der Waals surface area contributed by atoms with Crippen LogP contribution in [0.3, 0.4) is 0 Å². The highest BCUT2D eigenvalue weighted by molar-refractivity contribution is 5.71. The van der Waals surface area contributed by atoms with Gasteiger partial charge in [0.25, 0.3) is 0 Å². The monoisotopic (exact) mass is 248 g/mol. The van der Waals surface area contributed by atoms with Crippen molar-refractivity contribution < 1.29 is 9.90 Å². The predicted molar refractivity (Wildman–Crippen MR) is 67.4 cm³/mol. The number of rotatable bonds is 5. The molecule has 0 saturated carbocycles. The number of hydrogen-bond donors (Lipinski definition) is 2. The first-order chi connectivity index (χ1) is 8.58. The normalized spacial score (nSPS) is 12.8. The summed E-state index contributed by atoms with van der Waals surface area (Å²) in [6, 6.07) is 3.57. The van der Waals surface area contributed by atoms with Crippen LogP contribution in [0, 0.1) is 11.8 Å². The summed E-state index contributed by atoms with van der Waals surface area (Å²) >= 11 is 0. The second kappa shape index (κ2) is 5.03. The van der Waals surface area contributed by atoms with Crippen molar-refractivity contribution in [1.82, 2.24) is 14.6 Å². The van der Waals surface area contributed by atoms with Crippen LogP contribution in [0.5, 0.6) is 0 Å². The summed E-state index contributed by atoms with van der Waals surface area (Å²) in [5.41, 5.74) is 0.733. The molecular formula is C12H16N4O2. The van der Waals surface area contributed by atoms with Crippen LogP contribution in [0.15, 0.2) is 24.5 Å². The van der Waals surface area contributed by atoms with Crippen molar-refractivity contribution in [2.75, 3.05) is 11.9 Å². The molecule has 1 atom stereocenters. The Morgan fingerprint density at radius 2 is 2.28 bits per heavy atom. The Labute approximate surface area is 105 Å². The van der Waals surface area contributed by atoms with Crippen molar-refractivity contribution in [2.24, 2.45) is 11.8 Å². The molecule has 2 rings (SSSR count). The number of carboxylic acids is 1. The SMILES string of the molecule is CC(C)C(CNc1ccn2nccc2n1)C(=O)O. The fourth-order valence-electron chi connectivity index (χ4n) is 1.73. The third-order valence-electron chi connectivity index (χ3n) is 2.88. The van der Waals surface area contributed by atoms with E-state index < -0.39 is 11.9 Å². The van der Waals surface area contributed by atoms with Crippen molar-refractivity contribution in [2.45, 2.75) is 13.8 Å². The maximum absolute atomic E-state index is 11.1. The van der Waals surface area contributed by atoms with Crippen molar-refractivity contribution in [1.29, 1.82) is 0 Å². The summed E-state index contributed by atoms with van der Waals surface area (Å²) in [4.78, 5) is 15.4. The molecule has 0 saturated heterocycles. The van der Waals surface area contributed by atoms with Gasteiger partial charge in [0.2, 0.25) is 0 Å². The highest BCUT2D eigenvalue weighted by Gasteiger charge is 2.21. The van der Waals surface area contributed by atoms with E-state index in [1.54, 1.807) is 29.0 Å². The van der Waals surface area contributed by atoms with Crippen molar-refractivity contribution in [3.8, 4) is 0 Å². The first-order valence-corrected chi connectivity index (χ1v) is 5.85. The highest BCUT2D eigenvalue weighted by Crippen LogP contribution is 2.13. The molecule has 6 heteroatoms. The quantitative estimate of drug-likeness (QED) is 0.838. The lowest BCUT2D eigenvalue weighted by Gasteiger charge is -2.16. The Kier molecular flexibility index (Phi) is 3.45. The van der Waals surface area contributed by atoms with Crippen LogP contribution < -0.4 is 5.32 Å². The average molecular weight is 248 g/mol. The Bertz CT molecular complexity index is 550. The molecule has 2 aromatic rings. The average Bonchev–Trinajstić information content (AvgIpc) is 2.75. The summed E-state index contributed by atoms with van der Waals surface area (Å²) in [5.74, 6) is -0.473. The maximum atomic E-state index is 11.1. The lowest BCUT2D eigenvalue weighted by atomic mass is 9.96. The number of fused-ring (bicyclic) bond motifs is 1. The van der Waals surface area contributed by atoms with Gasteiger partial charge in [-0.15, -0.1) is 0 Å². The van der Waals surface area contributed by atoms with Gasteiger partial charge in [0.1, 0.15) is 5.82 Å². The fraction of sp³-hybridized carbons (Fsp3) is 0.417. The number of nitrogens with zero attached hydrogens (tertiary/aromatic N) is 3. The first-order valence-electron chi connectivity index (χ1n) is 5.85. The van der Waals surface area contributed by atoms with Gasteiger partial charge < -0.3 is 10.4 Å². The molecular weight excluding hydrogens is 232 g/mol. The van der Waals surface area contributed by atoms with E-state index in [-0.39, 0.29) is 5.92 Å². The van der Waals surface area contributed by atoms with Gasteiger partial charge in [-0.3, -0.25) is 4.79 Å². The molecule has 0 fully saturated rings. The molecule has 0 bridgehead atoms. The van der Waals surface area contributed by atoms with Gasteiger partial charge in [-0.2, -0.15) is 5.10 Å². The van der Waals surface area contributed by atoms with E-state index >= 15 is 0 Å². The lowest BCUT2D eigenvalue weighted by Crippen LogP contribution is -2.27. The minimum atomic E-state index is -0.789. The molecule has 1 unspecified atom stereocenters. The zero-order valence-corrected chi connectivity index (χ0v) is 10.4. The Balaban J connectivity index is 2.06. The lowest BCUT2D eigenvalue weighted by molar-refractivity contribution is -0.142. The molecule has 0 aromatic carbocycles. The van der Waals surface area contributed by atoms with Gasteiger partial charge >= 0.3 is 5.97 Å². The Morgan fingerprint density at radius 1 is 1.50 bits per heavy atom. The smallest absolute Gasteiger partial charge is 0.308 e. The second-order valence-corrected chi connectivity index (χ2v) is 4.52. The van der Waals surface area contributed by atoms with Crippen LogP contribution in [0.1, 0.15) is 13.8 Å². The van der Waals surface area contributed by atoms with E-state index in [0.29, 0.717) is 12.4 Å². The number of hydrogen-bond acceptors (Lipinski definition) is 4. The van der Waals surface area contributed by atoms with Crippen LogP contribution in [0.4, 0.5) is 5.82 Å². The zero-order chi connectivity index (χ0) is 13.1. The van der Waals surface area contributed by atoms with E-state index in [1.165, 1.54) is 0 Å². The Morgan fingerprint density at radius 3 is 2.94 bits per heavy atom. The van der Waals surface area contributed by atoms with Crippen LogP contribution in [0.2, 0.25) is 0 Å². The third kappa shape index (κ3) is 2.58. The molecule has 0 amide bonds. The highest BCUT2D eigenvalue weighted by atomic mass is 16.4. The summed E-state index contributed by atoms with van der Waals surface area (Å²) < 4.78 is 1.66. The van der Waals surface area contributed by atoms with Crippen molar-refractivity contribution in [3.05, 3.63) is 24.5 Å². The van der Waals surface area contributed by atoms with Crippen molar-refractivity contribution >= 4 is 17.4 Å². The van der Waals surface area contributed by atoms with Gasteiger partial charge in [-0.1, -0.05) is 13.8 Å². The maximum Gasteiger partial charge on any atom is 0.308 e. The van der Waals surface area contributed by atoms with Crippen LogP contribution in [-0.2, 0) is 4.79 Å². The van der Waals surface area contributed by atoms with Crippen LogP contribution >= 0.6 is 0 Å². The standard InChI is InChI=1S/C12H16N4O2/c1-8(2)9(12(17)18)7-13-10-4-6-16-11(15-10)3-5-14-16/h3-6,8-9H,7H2,1-2H3,(H,13,15)(H,17,18). The minimum Gasteiger partial charge on any atom is -0.481 e. The number of nitrogens with one attached hydrogen (secondary N) is 1. The summed E-state index contributed by atoms with van der Waals surface area (Å²) in [7, 11) is 0. The fourth-order valence-corrected chi connectivity index (χ4v) is 1.73. The first kappa shape index (κ1) is 12.3. The van der Waals surface area contributed by atoms with E-state index in [2.05, 4.69) is 15.4 Å². The molecule has 2 N–H and O–H groups in total. The van der Waals surface area contributed by atoms with Crippen LogP contribution in [-0.4, -0.2) is 32.2 Å². The molecule has 2 heterocycles. The zero-order valence-electron chi connectivity index (χ0n) is 10.4. The Hall–Kier alpha value is -2.11. The number of anilines is 1. The predicted octanol–water partition coefficient (Wildman–Crippen LogP) is 1.50. The molecule has 0 aliphatic rings. The number of carboxylic acid groups (broad SMARTS) is 1. The molecule has 6 nitrogen and oxygen atoms in total. The van der Waals surface area contributed by atoms with Gasteiger partial charge in [0.05, 0.1) is 12.1 Å². The molecule has 96 valence electrons. The molecule has 18 heavy (non-hydrogen) atoms. The largest absolute Gasteiger partial charge is 0.481 e. The van der Waals surface area contributed by atoms with Gasteiger partial charge in [-0.05, 0) is 12.0 Å². The summed E-state index contributed by atoms with van der Waals surface area (Å²) in [6.45, 7) is 4.16. The molecule has 2 aromatic heterocycles. The second-order valence-electron chi connectivity index (χ2n) is 4.52. The number of aliphatic carboxylic acids is 1. The van der Waals surface area contributed by atoms with Gasteiger partial charge in [-0.25, -0.2) is 9.50 Å². The minimum absolute atomic E-state index is 0.0775. The van der Waals surface area contributed by atoms with E-state index in [0.717, 1.165) is 5.65 Å². The molecule has 0 spiro atoms. The van der Waals surface area contributed by atoms with E-state index in [4.69, 9.17) is 5.11 Å². The molecule has 0 radical (unpaired) electrons. The number of carbonyl (C=O) groups is 1.